The fraction of sp³-hybridized carbons (Fsp3) is 0.267. The maximum atomic E-state index is 11.1. The molecule has 7 heteroatoms. The van der Waals surface area contributed by atoms with Crippen molar-refractivity contribution in [3.05, 3.63) is 101 Å². The smallest absolute Gasteiger partial charge is 0.303 e. The van der Waals surface area contributed by atoms with Gasteiger partial charge >= 0.3 is 5.97 Å². The number of aliphatic hydroxyl groups is 1. The van der Waals surface area contributed by atoms with E-state index in [0.29, 0.717) is 35.8 Å². The molecule has 1 atom stereocenters. The lowest BCUT2D eigenvalue weighted by Gasteiger charge is -2.21. The van der Waals surface area contributed by atoms with Crippen molar-refractivity contribution in [2.24, 2.45) is 0 Å². The molecule has 0 amide bonds. The van der Waals surface area contributed by atoms with Gasteiger partial charge in [0.25, 0.3) is 0 Å². The Morgan fingerprint density at radius 2 is 1.65 bits per heavy atom. The lowest BCUT2D eigenvalue weighted by atomic mass is 9.91. The zero-order valence-corrected chi connectivity index (χ0v) is 21.5. The molecule has 194 valence electrons. The van der Waals surface area contributed by atoms with E-state index in [2.05, 4.69) is 5.32 Å². The number of aliphatic carboxylic acids is 1. The molecule has 0 spiro atoms. The molecule has 3 rings (SSSR count). The SMILES string of the molecule is CNC(C)/C(=C(/C)O)c1cc(OCc2ccc(OCC(=N)c3ccccc3)cc2)ccc1CCC(=O)O. The van der Waals surface area contributed by atoms with Crippen LogP contribution in [0, 0.1) is 5.41 Å². The topological polar surface area (TPSA) is 112 Å². The molecule has 3 aromatic carbocycles. The van der Waals surface area contributed by atoms with Crippen LogP contribution < -0.4 is 14.8 Å². The van der Waals surface area contributed by atoms with Gasteiger partial charge in [0.1, 0.15) is 24.7 Å². The molecule has 3 aromatic rings. The summed E-state index contributed by atoms with van der Waals surface area (Å²) in [6.45, 7) is 4.08. The van der Waals surface area contributed by atoms with Crippen LogP contribution in [0.25, 0.3) is 5.57 Å². The second kappa shape index (κ2) is 13.3. The number of allylic oxidation sites excluding steroid dienone is 1. The Balaban J connectivity index is 1.68. The number of carboxylic acids is 1. The van der Waals surface area contributed by atoms with Gasteiger partial charge in [-0.15, -0.1) is 0 Å². The second-order valence-electron chi connectivity index (χ2n) is 8.79. The highest BCUT2D eigenvalue weighted by molar-refractivity contribution is 5.99. The summed E-state index contributed by atoms with van der Waals surface area (Å²) in [5, 5.41) is 30.8. The number of carboxylic acid groups (broad SMARTS) is 1. The number of ether oxygens (including phenoxy) is 2. The van der Waals surface area contributed by atoms with E-state index in [1.807, 2.05) is 86.8 Å². The summed E-state index contributed by atoms with van der Waals surface area (Å²) in [4.78, 5) is 11.1. The minimum atomic E-state index is -0.872. The number of likely N-dealkylation sites (N-methyl/N-ethyl adjacent to an activating group) is 1. The summed E-state index contributed by atoms with van der Waals surface area (Å²) < 4.78 is 11.8. The summed E-state index contributed by atoms with van der Waals surface area (Å²) in [5.74, 6) is 0.589. The molecule has 0 heterocycles. The highest BCUT2D eigenvalue weighted by Crippen LogP contribution is 2.30. The Labute approximate surface area is 217 Å². The van der Waals surface area contributed by atoms with Gasteiger partial charge < -0.3 is 30.4 Å². The van der Waals surface area contributed by atoms with Gasteiger partial charge in [-0.05, 0) is 73.8 Å². The fourth-order valence-electron chi connectivity index (χ4n) is 3.97. The fourth-order valence-corrected chi connectivity index (χ4v) is 3.97. The lowest BCUT2D eigenvalue weighted by Crippen LogP contribution is -2.24. The third-order valence-corrected chi connectivity index (χ3v) is 6.07. The predicted octanol–water partition coefficient (Wildman–Crippen LogP) is 5.63. The van der Waals surface area contributed by atoms with Gasteiger partial charge in [0, 0.05) is 18.0 Å². The monoisotopic (exact) mass is 502 g/mol. The number of aliphatic hydroxyl groups excluding tert-OH is 1. The Morgan fingerprint density at radius 1 is 0.973 bits per heavy atom. The first-order valence-electron chi connectivity index (χ1n) is 12.2. The molecule has 0 radical (unpaired) electrons. The van der Waals surface area contributed by atoms with Gasteiger partial charge in [0.2, 0.25) is 0 Å². The van der Waals surface area contributed by atoms with Gasteiger partial charge in [0.05, 0.1) is 11.5 Å². The molecular weight excluding hydrogens is 468 g/mol. The van der Waals surface area contributed by atoms with Gasteiger partial charge in [-0.3, -0.25) is 4.79 Å². The molecule has 0 saturated heterocycles. The average molecular weight is 503 g/mol. The maximum Gasteiger partial charge on any atom is 0.303 e. The zero-order valence-electron chi connectivity index (χ0n) is 21.5. The van der Waals surface area contributed by atoms with Gasteiger partial charge in [-0.1, -0.05) is 48.5 Å². The van der Waals surface area contributed by atoms with Crippen molar-refractivity contribution < 1.29 is 24.5 Å². The number of nitrogens with one attached hydrogen (secondary N) is 2. The molecule has 0 aromatic heterocycles. The van der Waals surface area contributed by atoms with E-state index >= 15 is 0 Å². The Bertz CT molecular complexity index is 1230. The van der Waals surface area contributed by atoms with E-state index in [-0.39, 0.29) is 24.8 Å². The highest BCUT2D eigenvalue weighted by Gasteiger charge is 2.18. The summed E-state index contributed by atoms with van der Waals surface area (Å²) in [5.41, 5.74) is 4.50. The van der Waals surface area contributed by atoms with Crippen LogP contribution in [0.5, 0.6) is 11.5 Å². The molecule has 0 aliphatic rings. The third-order valence-electron chi connectivity index (χ3n) is 6.07. The van der Waals surface area contributed by atoms with Crippen LogP contribution in [0.2, 0.25) is 0 Å². The van der Waals surface area contributed by atoms with E-state index in [1.165, 1.54) is 0 Å². The van der Waals surface area contributed by atoms with Crippen molar-refractivity contribution >= 4 is 17.3 Å². The van der Waals surface area contributed by atoms with Crippen molar-refractivity contribution in [2.75, 3.05) is 13.7 Å². The number of rotatable bonds is 13. The summed E-state index contributed by atoms with van der Waals surface area (Å²) in [6, 6.07) is 22.4. The van der Waals surface area contributed by atoms with Crippen molar-refractivity contribution in [3.8, 4) is 11.5 Å². The highest BCUT2D eigenvalue weighted by atomic mass is 16.5. The number of hydrogen-bond donors (Lipinski definition) is 4. The summed E-state index contributed by atoms with van der Waals surface area (Å²) in [7, 11) is 1.81. The second-order valence-corrected chi connectivity index (χ2v) is 8.79. The Kier molecular flexibility index (Phi) is 9.86. The number of hydrogen-bond acceptors (Lipinski definition) is 6. The number of aryl methyl sites for hydroxylation is 1. The minimum absolute atomic E-state index is 0.00185. The Morgan fingerprint density at radius 3 is 2.27 bits per heavy atom. The number of benzene rings is 3. The van der Waals surface area contributed by atoms with Crippen molar-refractivity contribution in [3.63, 3.8) is 0 Å². The number of carbonyl (C=O) groups is 1. The van der Waals surface area contributed by atoms with Gasteiger partial charge in [-0.25, -0.2) is 0 Å². The molecule has 4 N–H and O–H groups in total. The van der Waals surface area contributed by atoms with Crippen LogP contribution in [0.3, 0.4) is 0 Å². The van der Waals surface area contributed by atoms with Crippen LogP contribution in [0.15, 0.2) is 78.6 Å². The summed E-state index contributed by atoms with van der Waals surface area (Å²) in [6.07, 6.45) is 0.347. The zero-order chi connectivity index (χ0) is 26.8. The molecule has 0 aliphatic carbocycles. The minimum Gasteiger partial charge on any atom is -0.512 e. The molecule has 0 bridgehead atoms. The van der Waals surface area contributed by atoms with Crippen LogP contribution in [0.4, 0.5) is 0 Å². The molecule has 7 nitrogen and oxygen atoms in total. The normalized spacial score (nSPS) is 12.4. The van der Waals surface area contributed by atoms with E-state index < -0.39 is 5.97 Å². The standard InChI is InChI=1S/C30H34N2O5/c1-20(32-3)30(21(2)33)27-17-26(15-11-23(27)12-16-29(34)35)36-18-22-9-13-25(14-10-22)37-19-28(31)24-7-5-4-6-8-24/h4-11,13-15,17,20,31-33H,12,16,18-19H2,1-3H3,(H,34,35)/b30-21+,31-28?. The first-order chi connectivity index (χ1) is 17.8. The predicted molar refractivity (Wildman–Crippen MR) is 146 cm³/mol. The summed E-state index contributed by atoms with van der Waals surface area (Å²) >= 11 is 0. The van der Waals surface area contributed by atoms with E-state index in [0.717, 1.165) is 22.3 Å². The van der Waals surface area contributed by atoms with E-state index in [4.69, 9.17) is 20.0 Å². The largest absolute Gasteiger partial charge is 0.512 e. The van der Waals surface area contributed by atoms with E-state index in [9.17, 15) is 9.90 Å². The first-order valence-corrected chi connectivity index (χ1v) is 12.2. The van der Waals surface area contributed by atoms with Crippen LogP contribution in [-0.4, -0.2) is 41.6 Å². The lowest BCUT2D eigenvalue weighted by molar-refractivity contribution is -0.136. The van der Waals surface area contributed by atoms with Crippen molar-refractivity contribution in [1.29, 1.82) is 5.41 Å². The Hall–Kier alpha value is -4.10. The first kappa shape index (κ1) is 27.5. The van der Waals surface area contributed by atoms with Crippen LogP contribution in [0.1, 0.15) is 42.5 Å². The molecule has 0 saturated carbocycles. The molecule has 1 unspecified atom stereocenters. The maximum absolute atomic E-state index is 11.1. The van der Waals surface area contributed by atoms with Crippen molar-refractivity contribution in [1.82, 2.24) is 5.32 Å². The third kappa shape index (κ3) is 7.95. The molecule has 37 heavy (non-hydrogen) atoms. The van der Waals surface area contributed by atoms with Crippen LogP contribution in [-0.2, 0) is 17.8 Å². The van der Waals surface area contributed by atoms with E-state index in [1.54, 1.807) is 6.92 Å². The van der Waals surface area contributed by atoms with Gasteiger partial charge in [-0.2, -0.15) is 0 Å². The van der Waals surface area contributed by atoms with Gasteiger partial charge in [0.15, 0.2) is 0 Å². The average Bonchev–Trinajstić information content (AvgIpc) is 2.90. The van der Waals surface area contributed by atoms with Crippen molar-refractivity contribution in [2.45, 2.75) is 39.3 Å². The molecule has 0 aliphatic heterocycles. The van der Waals surface area contributed by atoms with Crippen LogP contribution >= 0.6 is 0 Å². The quantitative estimate of drug-likeness (QED) is 0.178. The molecular formula is C30H34N2O5. The molecule has 0 fully saturated rings.